The molecule has 0 radical (unpaired) electrons. The van der Waals surface area contributed by atoms with Gasteiger partial charge < -0.3 is 4.43 Å². The first-order valence-corrected chi connectivity index (χ1v) is 9.26. The Kier molecular flexibility index (Phi) is 4.05. The number of rotatable bonds is 2. The van der Waals surface area contributed by atoms with Crippen LogP contribution in [0.3, 0.4) is 0 Å². The monoisotopic (exact) mass is 352 g/mol. The van der Waals surface area contributed by atoms with E-state index in [0.29, 0.717) is 9.32 Å². The molecule has 0 heterocycles. The smallest absolute Gasteiger partial charge is 0.250 e. The van der Waals surface area contributed by atoms with Crippen LogP contribution in [0.5, 0.6) is 5.75 Å². The van der Waals surface area contributed by atoms with Crippen LogP contribution in [-0.4, -0.2) is 8.32 Å². The van der Waals surface area contributed by atoms with E-state index in [1.165, 1.54) is 6.07 Å². The van der Waals surface area contributed by atoms with Gasteiger partial charge in [0.15, 0.2) is 0 Å². The van der Waals surface area contributed by atoms with Crippen molar-refractivity contribution in [2.24, 2.45) is 0 Å². The fraction of sp³-hybridized carbons (Fsp3) is 0.500. The van der Waals surface area contributed by atoms with Crippen LogP contribution in [0.1, 0.15) is 20.8 Å². The van der Waals surface area contributed by atoms with Crippen LogP contribution in [0.15, 0.2) is 18.2 Å². The Hall–Kier alpha value is -0.103. The topological polar surface area (TPSA) is 9.23 Å². The molecule has 1 nitrogen and oxygen atoms in total. The van der Waals surface area contributed by atoms with Gasteiger partial charge in [-0.25, -0.2) is 4.39 Å². The van der Waals surface area contributed by atoms with Crippen molar-refractivity contribution < 1.29 is 8.82 Å². The van der Waals surface area contributed by atoms with Crippen molar-refractivity contribution in [1.82, 2.24) is 0 Å². The molecule has 0 aliphatic carbocycles. The largest absolute Gasteiger partial charge is 0.543 e. The highest BCUT2D eigenvalue weighted by Gasteiger charge is 2.38. The average molecular weight is 352 g/mol. The number of hydrogen-bond acceptors (Lipinski definition) is 1. The second-order valence-electron chi connectivity index (χ2n) is 5.44. The van der Waals surface area contributed by atoms with Gasteiger partial charge in [-0.05, 0) is 52.9 Å². The van der Waals surface area contributed by atoms with Crippen LogP contribution in [0.2, 0.25) is 18.1 Å². The summed E-state index contributed by atoms with van der Waals surface area (Å²) in [4.78, 5) is 0. The molecule has 1 aromatic carbocycles. The minimum atomic E-state index is -1.86. The molecule has 0 fully saturated rings. The zero-order valence-electron chi connectivity index (χ0n) is 10.4. The second kappa shape index (κ2) is 4.64. The molecule has 0 unspecified atom stereocenters. The van der Waals surface area contributed by atoms with Gasteiger partial charge in [0.25, 0.3) is 0 Å². The molecule has 0 saturated carbocycles. The van der Waals surface area contributed by atoms with Crippen molar-refractivity contribution in [3.63, 3.8) is 0 Å². The highest BCUT2D eigenvalue weighted by atomic mass is 127. The lowest BCUT2D eigenvalue weighted by Gasteiger charge is -2.36. The van der Waals surface area contributed by atoms with Gasteiger partial charge in [0.2, 0.25) is 8.32 Å². The molecular weight excluding hydrogens is 334 g/mol. The Balaban J connectivity index is 2.93. The summed E-state index contributed by atoms with van der Waals surface area (Å²) in [5, 5.41) is 0.131. The SMILES string of the molecule is CC(C)(C)[Si](C)(C)Oc1ccc(I)c(F)c1. The lowest BCUT2D eigenvalue weighted by Crippen LogP contribution is -2.43. The fourth-order valence-electron chi connectivity index (χ4n) is 0.988. The Bertz CT molecular complexity index is 385. The summed E-state index contributed by atoms with van der Waals surface area (Å²) in [6, 6.07) is 5.06. The molecule has 0 N–H and O–H groups in total. The molecule has 0 amide bonds. The lowest BCUT2D eigenvalue weighted by atomic mass is 10.2. The standard InChI is InChI=1S/C12H18FIOSi/c1-12(2,3)16(4,5)15-9-6-7-11(14)10(13)8-9/h6-8H,1-5H3. The van der Waals surface area contributed by atoms with Crippen molar-refractivity contribution in [1.29, 1.82) is 0 Å². The zero-order valence-corrected chi connectivity index (χ0v) is 13.6. The molecule has 0 atom stereocenters. The number of halogens is 2. The quantitative estimate of drug-likeness (QED) is 0.548. The molecule has 1 rings (SSSR count). The first-order valence-electron chi connectivity index (χ1n) is 5.27. The molecule has 16 heavy (non-hydrogen) atoms. The summed E-state index contributed by atoms with van der Waals surface area (Å²) in [6.07, 6.45) is 0. The Labute approximate surface area is 112 Å². The van der Waals surface area contributed by atoms with Gasteiger partial charge in [-0.3, -0.25) is 0 Å². The fourth-order valence-corrected chi connectivity index (χ4v) is 2.35. The van der Waals surface area contributed by atoms with Gasteiger partial charge in [0, 0.05) is 9.64 Å². The summed E-state index contributed by atoms with van der Waals surface area (Å²) in [6.45, 7) is 10.8. The molecule has 0 aliphatic heterocycles. The Morgan fingerprint density at radius 3 is 2.25 bits per heavy atom. The molecule has 0 spiro atoms. The van der Waals surface area contributed by atoms with Gasteiger partial charge in [-0.1, -0.05) is 20.8 Å². The maximum Gasteiger partial charge on any atom is 0.250 e. The van der Waals surface area contributed by atoms with Gasteiger partial charge in [-0.2, -0.15) is 0 Å². The maximum atomic E-state index is 13.4. The third kappa shape index (κ3) is 3.20. The number of hydrogen-bond donors (Lipinski definition) is 0. The second-order valence-corrected chi connectivity index (χ2v) is 11.3. The van der Waals surface area contributed by atoms with Crippen molar-refractivity contribution in [3.05, 3.63) is 27.6 Å². The summed E-state index contributed by atoms with van der Waals surface area (Å²) >= 11 is 1.98. The molecule has 4 heteroatoms. The van der Waals surface area contributed by atoms with Crippen LogP contribution >= 0.6 is 22.6 Å². The third-order valence-corrected chi connectivity index (χ3v) is 8.30. The highest BCUT2D eigenvalue weighted by Crippen LogP contribution is 2.37. The summed E-state index contributed by atoms with van der Waals surface area (Å²) in [5.74, 6) is 0.432. The number of benzene rings is 1. The van der Waals surface area contributed by atoms with E-state index in [1.54, 1.807) is 6.07 Å². The van der Waals surface area contributed by atoms with Crippen LogP contribution in [0.25, 0.3) is 0 Å². The van der Waals surface area contributed by atoms with E-state index in [2.05, 4.69) is 33.9 Å². The van der Waals surface area contributed by atoms with Gasteiger partial charge in [0.05, 0.1) is 0 Å². The van der Waals surface area contributed by atoms with Crippen molar-refractivity contribution in [2.45, 2.75) is 38.9 Å². The molecule has 1 aromatic rings. The van der Waals surface area contributed by atoms with E-state index in [1.807, 2.05) is 28.7 Å². The summed E-state index contributed by atoms with van der Waals surface area (Å²) in [5.41, 5.74) is 0. The van der Waals surface area contributed by atoms with Crippen molar-refractivity contribution in [3.8, 4) is 5.75 Å². The Morgan fingerprint density at radius 1 is 1.25 bits per heavy atom. The van der Waals surface area contributed by atoms with Crippen LogP contribution in [0.4, 0.5) is 4.39 Å². The van der Waals surface area contributed by atoms with E-state index in [4.69, 9.17) is 4.43 Å². The van der Waals surface area contributed by atoms with Crippen LogP contribution < -0.4 is 4.43 Å². The van der Waals surface area contributed by atoms with E-state index in [0.717, 1.165) is 0 Å². The molecule has 90 valence electrons. The van der Waals surface area contributed by atoms with Gasteiger partial charge >= 0.3 is 0 Å². The zero-order chi connectivity index (χ0) is 12.6. The van der Waals surface area contributed by atoms with E-state index in [9.17, 15) is 4.39 Å². The minimum absolute atomic E-state index is 0.131. The summed E-state index contributed by atoms with van der Waals surface area (Å²) < 4.78 is 20.0. The van der Waals surface area contributed by atoms with Crippen molar-refractivity contribution >= 4 is 30.9 Å². The molecular formula is C12H18FIOSi. The predicted molar refractivity (Wildman–Crippen MR) is 76.9 cm³/mol. The van der Waals surface area contributed by atoms with Crippen LogP contribution in [-0.2, 0) is 0 Å². The third-order valence-electron chi connectivity index (χ3n) is 3.07. The average Bonchev–Trinajstić information content (AvgIpc) is 2.09. The highest BCUT2D eigenvalue weighted by molar-refractivity contribution is 14.1. The van der Waals surface area contributed by atoms with E-state index < -0.39 is 8.32 Å². The predicted octanol–water partition coefficient (Wildman–Crippen LogP) is 4.81. The molecule has 0 aromatic heterocycles. The Morgan fingerprint density at radius 2 is 1.81 bits per heavy atom. The van der Waals surface area contributed by atoms with Gasteiger partial charge in [-0.15, -0.1) is 0 Å². The van der Waals surface area contributed by atoms with Crippen molar-refractivity contribution in [2.75, 3.05) is 0 Å². The molecule has 0 bridgehead atoms. The van der Waals surface area contributed by atoms with E-state index in [-0.39, 0.29) is 10.9 Å². The minimum Gasteiger partial charge on any atom is -0.543 e. The van der Waals surface area contributed by atoms with Crippen LogP contribution in [0, 0.1) is 9.39 Å². The normalized spacial score (nSPS) is 12.7. The lowest BCUT2D eigenvalue weighted by molar-refractivity contribution is 0.486. The first-order chi connectivity index (χ1) is 7.13. The summed E-state index contributed by atoms with van der Waals surface area (Å²) in [7, 11) is -1.86. The first kappa shape index (κ1) is 14.0. The van der Waals surface area contributed by atoms with Gasteiger partial charge in [0.1, 0.15) is 11.6 Å². The van der Waals surface area contributed by atoms with E-state index >= 15 is 0 Å². The molecule has 0 aliphatic rings. The molecule has 0 saturated heterocycles. The maximum absolute atomic E-state index is 13.4.